The first-order valence-electron chi connectivity index (χ1n) is 7.10. The van der Waals surface area contributed by atoms with Gasteiger partial charge in [0.15, 0.2) is 0 Å². The summed E-state index contributed by atoms with van der Waals surface area (Å²) in [6, 6.07) is 0. The van der Waals surface area contributed by atoms with Crippen LogP contribution in [0.15, 0.2) is 12.2 Å². The molecule has 0 aliphatic heterocycles. The summed E-state index contributed by atoms with van der Waals surface area (Å²) < 4.78 is 0. The molecule has 3 atom stereocenters. The Bertz CT molecular complexity index is 352. The standard InChI is InChI=1S/C16H26O/c1-11(2)13(17)16-7-12-5-14(3,9-16)8-15(4,6-12)10-16/h12-13,17H,1,5-10H2,2-4H3. The average Bonchev–Trinajstić information content (AvgIpc) is 2.10. The molecule has 0 saturated heterocycles. The third kappa shape index (κ3) is 1.62. The van der Waals surface area contributed by atoms with Gasteiger partial charge in [-0.3, -0.25) is 0 Å². The molecule has 96 valence electrons. The largest absolute Gasteiger partial charge is 0.388 e. The van der Waals surface area contributed by atoms with Crippen molar-refractivity contribution in [2.45, 2.75) is 65.4 Å². The Morgan fingerprint density at radius 3 is 2.06 bits per heavy atom. The van der Waals surface area contributed by atoms with E-state index in [9.17, 15) is 5.11 Å². The zero-order chi connectivity index (χ0) is 12.5. The minimum atomic E-state index is -0.274. The van der Waals surface area contributed by atoms with Crippen LogP contribution >= 0.6 is 0 Å². The first kappa shape index (κ1) is 11.8. The maximum atomic E-state index is 10.6. The molecule has 17 heavy (non-hydrogen) atoms. The van der Waals surface area contributed by atoms with Crippen LogP contribution < -0.4 is 0 Å². The van der Waals surface area contributed by atoms with Gasteiger partial charge in [0.2, 0.25) is 0 Å². The fourth-order valence-corrected chi connectivity index (χ4v) is 6.36. The van der Waals surface area contributed by atoms with E-state index < -0.39 is 0 Å². The second-order valence-corrected chi connectivity index (χ2v) is 8.24. The van der Waals surface area contributed by atoms with Crippen molar-refractivity contribution in [3.05, 3.63) is 12.2 Å². The molecule has 4 aliphatic rings. The summed E-state index contributed by atoms with van der Waals surface area (Å²) in [5, 5.41) is 10.6. The lowest BCUT2D eigenvalue weighted by atomic mass is 9.39. The molecular weight excluding hydrogens is 208 g/mol. The van der Waals surface area contributed by atoms with Gasteiger partial charge in [-0.25, -0.2) is 0 Å². The molecule has 0 aromatic carbocycles. The van der Waals surface area contributed by atoms with Crippen molar-refractivity contribution >= 4 is 0 Å². The lowest BCUT2D eigenvalue weighted by molar-refractivity contribution is -0.177. The van der Waals surface area contributed by atoms with Gasteiger partial charge >= 0.3 is 0 Å². The normalized spacial score (nSPS) is 53.8. The van der Waals surface area contributed by atoms with Gasteiger partial charge < -0.3 is 5.11 Å². The molecule has 1 heteroatoms. The maximum absolute atomic E-state index is 10.6. The van der Waals surface area contributed by atoms with Crippen molar-refractivity contribution in [3.63, 3.8) is 0 Å². The highest BCUT2D eigenvalue weighted by molar-refractivity contribution is 5.17. The summed E-state index contributed by atoms with van der Waals surface area (Å²) in [6.07, 6.45) is 7.58. The molecule has 4 aliphatic carbocycles. The smallest absolute Gasteiger partial charge is 0.0801 e. The quantitative estimate of drug-likeness (QED) is 0.718. The molecule has 4 saturated carbocycles. The number of hydrogen-bond donors (Lipinski definition) is 1. The zero-order valence-electron chi connectivity index (χ0n) is 11.6. The van der Waals surface area contributed by atoms with E-state index in [1.165, 1.54) is 38.5 Å². The van der Waals surface area contributed by atoms with E-state index in [-0.39, 0.29) is 11.5 Å². The fourth-order valence-electron chi connectivity index (χ4n) is 6.36. The van der Waals surface area contributed by atoms with Crippen molar-refractivity contribution in [2.24, 2.45) is 22.2 Å². The Balaban J connectivity index is 2.00. The molecular formula is C16H26O. The number of aliphatic hydroxyl groups excluding tert-OH is 1. The predicted molar refractivity (Wildman–Crippen MR) is 70.7 cm³/mol. The molecule has 4 fully saturated rings. The van der Waals surface area contributed by atoms with Gasteiger partial charge in [0, 0.05) is 5.41 Å². The molecule has 0 aromatic heterocycles. The van der Waals surface area contributed by atoms with Crippen LogP contribution in [0.3, 0.4) is 0 Å². The topological polar surface area (TPSA) is 20.2 Å². The third-order valence-corrected chi connectivity index (χ3v) is 5.72. The van der Waals surface area contributed by atoms with Gasteiger partial charge in [0.25, 0.3) is 0 Å². The van der Waals surface area contributed by atoms with Crippen LogP contribution in [-0.2, 0) is 0 Å². The van der Waals surface area contributed by atoms with E-state index in [0.29, 0.717) is 10.8 Å². The number of aliphatic hydroxyl groups is 1. The zero-order valence-corrected chi connectivity index (χ0v) is 11.6. The molecule has 0 heterocycles. The highest BCUT2D eigenvalue weighted by atomic mass is 16.3. The van der Waals surface area contributed by atoms with E-state index in [1.807, 2.05) is 6.92 Å². The molecule has 0 spiro atoms. The van der Waals surface area contributed by atoms with Crippen LogP contribution in [0.5, 0.6) is 0 Å². The van der Waals surface area contributed by atoms with Gasteiger partial charge in [-0.05, 0) is 62.2 Å². The Morgan fingerprint density at radius 1 is 1.12 bits per heavy atom. The SMILES string of the molecule is C=C(C)C(O)C12CC3CC(C)(CC(C)(C3)C1)C2. The maximum Gasteiger partial charge on any atom is 0.0801 e. The molecule has 0 amide bonds. The van der Waals surface area contributed by atoms with Gasteiger partial charge in [-0.15, -0.1) is 0 Å². The van der Waals surface area contributed by atoms with Crippen LogP contribution in [0.4, 0.5) is 0 Å². The summed E-state index contributed by atoms with van der Waals surface area (Å²) in [4.78, 5) is 0. The molecule has 4 rings (SSSR count). The van der Waals surface area contributed by atoms with Crippen molar-refractivity contribution < 1.29 is 5.11 Å². The summed E-state index contributed by atoms with van der Waals surface area (Å²) in [5.74, 6) is 0.857. The van der Waals surface area contributed by atoms with E-state index in [0.717, 1.165) is 11.5 Å². The summed E-state index contributed by atoms with van der Waals surface area (Å²) in [7, 11) is 0. The lowest BCUT2D eigenvalue weighted by Crippen LogP contribution is -2.58. The minimum absolute atomic E-state index is 0.161. The van der Waals surface area contributed by atoms with E-state index in [2.05, 4.69) is 20.4 Å². The molecule has 0 radical (unpaired) electrons. The van der Waals surface area contributed by atoms with Crippen molar-refractivity contribution in [2.75, 3.05) is 0 Å². The van der Waals surface area contributed by atoms with Gasteiger partial charge in [-0.2, -0.15) is 0 Å². The summed E-state index contributed by atoms with van der Waals surface area (Å²) in [6.45, 7) is 10.9. The fraction of sp³-hybridized carbons (Fsp3) is 0.875. The molecule has 3 unspecified atom stereocenters. The summed E-state index contributed by atoms with van der Waals surface area (Å²) >= 11 is 0. The Hall–Kier alpha value is -0.300. The molecule has 1 nitrogen and oxygen atoms in total. The Kier molecular flexibility index (Phi) is 2.20. The van der Waals surface area contributed by atoms with Gasteiger partial charge in [0.05, 0.1) is 6.10 Å². The number of hydrogen-bond acceptors (Lipinski definition) is 1. The average molecular weight is 234 g/mol. The van der Waals surface area contributed by atoms with Crippen LogP contribution in [0.2, 0.25) is 0 Å². The predicted octanol–water partition coefficient (Wildman–Crippen LogP) is 3.92. The summed E-state index contributed by atoms with van der Waals surface area (Å²) in [5.41, 5.74) is 2.11. The number of rotatable bonds is 2. The molecule has 1 N–H and O–H groups in total. The molecule has 0 aromatic rings. The first-order chi connectivity index (χ1) is 7.76. The van der Waals surface area contributed by atoms with Crippen LogP contribution in [0, 0.1) is 22.2 Å². The van der Waals surface area contributed by atoms with Crippen molar-refractivity contribution in [1.29, 1.82) is 0 Å². The Labute approximate surface area is 105 Å². The highest BCUT2D eigenvalue weighted by Gasteiger charge is 2.62. The highest BCUT2D eigenvalue weighted by Crippen LogP contribution is 2.70. The van der Waals surface area contributed by atoms with E-state index in [4.69, 9.17) is 0 Å². The van der Waals surface area contributed by atoms with E-state index >= 15 is 0 Å². The molecule has 4 bridgehead atoms. The second kappa shape index (κ2) is 3.17. The van der Waals surface area contributed by atoms with Crippen molar-refractivity contribution in [1.82, 2.24) is 0 Å². The van der Waals surface area contributed by atoms with Crippen LogP contribution in [0.1, 0.15) is 59.3 Å². The monoisotopic (exact) mass is 234 g/mol. The van der Waals surface area contributed by atoms with Crippen LogP contribution in [0.25, 0.3) is 0 Å². The second-order valence-electron chi connectivity index (χ2n) is 8.24. The van der Waals surface area contributed by atoms with Crippen LogP contribution in [-0.4, -0.2) is 11.2 Å². The lowest BCUT2D eigenvalue weighted by Gasteiger charge is -2.66. The first-order valence-corrected chi connectivity index (χ1v) is 7.10. The third-order valence-electron chi connectivity index (χ3n) is 5.72. The van der Waals surface area contributed by atoms with Crippen molar-refractivity contribution in [3.8, 4) is 0 Å². The Morgan fingerprint density at radius 2 is 1.65 bits per heavy atom. The van der Waals surface area contributed by atoms with Gasteiger partial charge in [0.1, 0.15) is 0 Å². The van der Waals surface area contributed by atoms with Gasteiger partial charge in [-0.1, -0.05) is 26.0 Å². The minimum Gasteiger partial charge on any atom is -0.388 e. The van der Waals surface area contributed by atoms with E-state index in [1.54, 1.807) is 0 Å².